The summed E-state index contributed by atoms with van der Waals surface area (Å²) in [4.78, 5) is 11.9. The molecular formula is C32H33Cl2N4O+. The Labute approximate surface area is 238 Å². The Morgan fingerprint density at radius 3 is 2.44 bits per heavy atom. The maximum atomic E-state index is 11.9. The maximum absolute atomic E-state index is 11.9. The highest BCUT2D eigenvalue weighted by Crippen LogP contribution is 2.31. The number of nitrogens with zero attached hydrogens (tertiary/aromatic N) is 2. The molecule has 0 aliphatic heterocycles. The second-order valence-electron chi connectivity index (χ2n) is 9.84. The van der Waals surface area contributed by atoms with Gasteiger partial charge < -0.3 is 11.1 Å². The van der Waals surface area contributed by atoms with Crippen molar-refractivity contribution in [1.29, 1.82) is 0 Å². The van der Waals surface area contributed by atoms with Crippen LogP contribution in [0.3, 0.4) is 0 Å². The smallest absolute Gasteiger partial charge is 0.282 e. The van der Waals surface area contributed by atoms with Gasteiger partial charge in [-0.05, 0) is 58.5 Å². The van der Waals surface area contributed by atoms with Gasteiger partial charge in [-0.1, -0.05) is 71.7 Å². The van der Waals surface area contributed by atoms with Crippen molar-refractivity contribution in [1.82, 2.24) is 9.88 Å². The minimum absolute atomic E-state index is 0.0610. The molecule has 0 unspecified atom stereocenters. The van der Waals surface area contributed by atoms with Crippen LogP contribution in [-0.2, 0) is 18.4 Å². The molecule has 0 saturated heterocycles. The lowest BCUT2D eigenvalue weighted by molar-refractivity contribution is -0.647. The molecule has 0 aliphatic rings. The quantitative estimate of drug-likeness (QED) is 0.111. The highest BCUT2D eigenvalue weighted by atomic mass is 35.5. The predicted molar refractivity (Wildman–Crippen MR) is 164 cm³/mol. The number of aryl methyl sites for hydroxylation is 2. The van der Waals surface area contributed by atoms with Crippen molar-refractivity contribution < 1.29 is 9.36 Å². The largest absolute Gasteiger partial charge is 0.355 e. The fourth-order valence-corrected chi connectivity index (χ4v) is 5.61. The standard InChI is InChI=1S/C32H32Cl2N4O/c1-37-29-20-27(33)28(34)21-30(29)38(18-8-2-3-13-31(39)36-17-16-35)32(37)15-14-23-19-22-9-4-5-10-24(22)26-12-7-6-11-25(23)26/h4-7,9-12,14-15,19-21H,2-3,8,13,16-18,35H2,1H3/p+1/b15-14+. The van der Waals surface area contributed by atoms with E-state index in [1.54, 1.807) is 0 Å². The molecule has 5 aromatic rings. The lowest BCUT2D eigenvalue weighted by atomic mass is 9.97. The third-order valence-corrected chi connectivity index (χ3v) is 7.98. The molecule has 200 valence electrons. The molecule has 1 aromatic heterocycles. The number of halogens is 2. The molecule has 39 heavy (non-hydrogen) atoms. The Hall–Kier alpha value is -3.38. The highest BCUT2D eigenvalue weighted by molar-refractivity contribution is 6.42. The molecule has 0 spiro atoms. The first-order chi connectivity index (χ1) is 19.0. The molecule has 5 rings (SSSR count). The van der Waals surface area contributed by atoms with Crippen molar-refractivity contribution in [3.8, 4) is 0 Å². The van der Waals surface area contributed by atoms with Gasteiger partial charge in [-0.15, -0.1) is 0 Å². The molecule has 4 aromatic carbocycles. The van der Waals surface area contributed by atoms with Gasteiger partial charge in [0.15, 0.2) is 11.0 Å². The van der Waals surface area contributed by atoms with Gasteiger partial charge in [0.1, 0.15) is 0 Å². The van der Waals surface area contributed by atoms with Crippen molar-refractivity contribution in [2.45, 2.75) is 32.2 Å². The third kappa shape index (κ3) is 5.81. The number of carbonyl (C=O) groups excluding carboxylic acids is 1. The fourth-order valence-electron chi connectivity index (χ4n) is 5.29. The van der Waals surface area contributed by atoms with Gasteiger partial charge in [0.05, 0.1) is 23.6 Å². The molecule has 0 saturated carbocycles. The molecule has 1 amide bonds. The molecule has 0 radical (unpaired) electrons. The van der Waals surface area contributed by atoms with Crippen LogP contribution in [0.15, 0.2) is 66.7 Å². The number of amides is 1. The number of imidazole rings is 1. The number of benzene rings is 4. The van der Waals surface area contributed by atoms with E-state index in [0.29, 0.717) is 29.6 Å². The number of nitrogens with one attached hydrogen (secondary N) is 1. The summed E-state index contributed by atoms with van der Waals surface area (Å²) in [5.41, 5.74) is 8.70. The summed E-state index contributed by atoms with van der Waals surface area (Å²) in [5.74, 6) is 1.12. The Bertz CT molecular complexity index is 1690. The Morgan fingerprint density at radius 2 is 1.64 bits per heavy atom. The van der Waals surface area contributed by atoms with Crippen LogP contribution >= 0.6 is 23.2 Å². The number of carbonyl (C=O) groups is 1. The number of nitrogens with two attached hydrogens (primary N) is 1. The van der Waals surface area contributed by atoms with Crippen LogP contribution in [0.4, 0.5) is 0 Å². The van der Waals surface area contributed by atoms with E-state index in [9.17, 15) is 4.79 Å². The lowest BCUT2D eigenvalue weighted by Crippen LogP contribution is -2.31. The molecule has 0 bridgehead atoms. The van der Waals surface area contributed by atoms with E-state index < -0.39 is 0 Å². The fraction of sp³-hybridized carbons (Fsp3) is 0.250. The molecule has 0 aliphatic carbocycles. The van der Waals surface area contributed by atoms with E-state index in [2.05, 4.69) is 88.2 Å². The van der Waals surface area contributed by atoms with Crippen LogP contribution < -0.4 is 15.6 Å². The number of fused-ring (bicyclic) bond motifs is 4. The van der Waals surface area contributed by atoms with Crippen molar-refractivity contribution in [3.05, 3.63) is 88.2 Å². The Morgan fingerprint density at radius 1 is 0.923 bits per heavy atom. The minimum Gasteiger partial charge on any atom is -0.355 e. The topological polar surface area (TPSA) is 63.9 Å². The first kappa shape index (κ1) is 27.2. The Kier molecular flexibility index (Phi) is 8.51. The van der Waals surface area contributed by atoms with Crippen LogP contribution in [0.1, 0.15) is 37.1 Å². The van der Waals surface area contributed by atoms with E-state index in [0.717, 1.165) is 42.7 Å². The third-order valence-electron chi connectivity index (χ3n) is 7.25. The zero-order chi connectivity index (χ0) is 27.4. The van der Waals surface area contributed by atoms with E-state index in [-0.39, 0.29) is 5.91 Å². The summed E-state index contributed by atoms with van der Waals surface area (Å²) < 4.78 is 4.46. The summed E-state index contributed by atoms with van der Waals surface area (Å²) >= 11 is 12.9. The summed E-state index contributed by atoms with van der Waals surface area (Å²) in [6.07, 6.45) is 7.61. The Balaban J connectivity index is 1.48. The summed E-state index contributed by atoms with van der Waals surface area (Å²) in [5, 5.41) is 8.85. The SMILES string of the molecule is C[n+]1c(/C=C/c2cc3ccccc3c3ccccc23)n(CCCCCC(=O)NCCN)c2cc(Cl)c(Cl)cc21. The van der Waals surface area contributed by atoms with Crippen molar-refractivity contribution in [3.63, 3.8) is 0 Å². The van der Waals surface area contributed by atoms with E-state index in [1.165, 1.54) is 27.1 Å². The number of unbranched alkanes of at least 4 members (excludes halogenated alkanes) is 2. The van der Waals surface area contributed by atoms with Gasteiger partial charge in [-0.2, -0.15) is 0 Å². The first-order valence-corrected chi connectivity index (χ1v) is 14.2. The molecular weight excluding hydrogens is 527 g/mol. The van der Waals surface area contributed by atoms with Gasteiger partial charge in [0, 0.05) is 37.7 Å². The van der Waals surface area contributed by atoms with E-state index in [4.69, 9.17) is 28.9 Å². The maximum Gasteiger partial charge on any atom is 0.282 e. The van der Waals surface area contributed by atoms with Crippen LogP contribution in [0, 0.1) is 0 Å². The van der Waals surface area contributed by atoms with Gasteiger partial charge in [-0.25, -0.2) is 9.13 Å². The van der Waals surface area contributed by atoms with Gasteiger partial charge in [0.2, 0.25) is 5.91 Å². The van der Waals surface area contributed by atoms with Crippen molar-refractivity contribution in [2.75, 3.05) is 13.1 Å². The number of rotatable bonds is 10. The summed E-state index contributed by atoms with van der Waals surface area (Å²) in [6, 6.07) is 23.2. The number of aromatic nitrogens is 2. The summed E-state index contributed by atoms with van der Waals surface area (Å²) in [6.45, 7) is 1.79. The first-order valence-electron chi connectivity index (χ1n) is 13.4. The zero-order valence-electron chi connectivity index (χ0n) is 22.1. The van der Waals surface area contributed by atoms with Gasteiger partial charge in [-0.3, -0.25) is 4.79 Å². The normalized spacial score (nSPS) is 11.8. The second-order valence-corrected chi connectivity index (χ2v) is 10.7. The van der Waals surface area contributed by atoms with Crippen LogP contribution in [-0.4, -0.2) is 23.6 Å². The molecule has 5 nitrogen and oxygen atoms in total. The lowest BCUT2D eigenvalue weighted by Gasteiger charge is -2.08. The summed E-state index contributed by atoms with van der Waals surface area (Å²) in [7, 11) is 2.06. The minimum atomic E-state index is 0.0610. The van der Waals surface area contributed by atoms with Crippen molar-refractivity contribution >= 4 is 73.8 Å². The van der Waals surface area contributed by atoms with E-state index >= 15 is 0 Å². The number of hydrogen-bond donors (Lipinski definition) is 2. The van der Waals surface area contributed by atoms with E-state index in [1.807, 2.05) is 12.1 Å². The second kappa shape index (κ2) is 12.2. The van der Waals surface area contributed by atoms with Gasteiger partial charge >= 0.3 is 0 Å². The molecule has 3 N–H and O–H groups in total. The van der Waals surface area contributed by atoms with Gasteiger partial charge in [0.25, 0.3) is 5.82 Å². The van der Waals surface area contributed by atoms with Crippen molar-refractivity contribution in [2.24, 2.45) is 12.8 Å². The molecule has 0 fully saturated rings. The zero-order valence-corrected chi connectivity index (χ0v) is 23.6. The highest BCUT2D eigenvalue weighted by Gasteiger charge is 2.22. The monoisotopic (exact) mass is 559 g/mol. The molecule has 1 heterocycles. The average molecular weight is 561 g/mol. The molecule has 0 atom stereocenters. The molecule has 7 heteroatoms. The van der Waals surface area contributed by atoms with Crippen LogP contribution in [0.5, 0.6) is 0 Å². The van der Waals surface area contributed by atoms with Crippen LogP contribution in [0.2, 0.25) is 10.0 Å². The number of hydrogen-bond acceptors (Lipinski definition) is 2. The average Bonchev–Trinajstić information content (AvgIpc) is 3.19. The van der Waals surface area contributed by atoms with Crippen LogP contribution in [0.25, 0.3) is 44.7 Å². The predicted octanol–water partition coefficient (Wildman–Crippen LogP) is 6.88.